The lowest BCUT2D eigenvalue weighted by Gasteiger charge is -2.33. The Labute approximate surface area is 232 Å². The lowest BCUT2D eigenvalue weighted by atomic mass is 9.74. The Balaban J connectivity index is 1.48. The molecule has 1 amide bonds. The predicted molar refractivity (Wildman–Crippen MR) is 155 cm³/mol. The third kappa shape index (κ3) is 5.88. The maximum Gasteiger partial charge on any atom is 0.257 e. The van der Waals surface area contributed by atoms with E-state index in [1.165, 1.54) is 24.0 Å². The average molecular weight is 531 g/mol. The molecule has 2 fully saturated rings. The van der Waals surface area contributed by atoms with Gasteiger partial charge in [0, 0.05) is 36.3 Å². The zero-order chi connectivity index (χ0) is 26.5. The van der Waals surface area contributed by atoms with Gasteiger partial charge in [0.25, 0.3) is 5.91 Å². The SMILES string of the molecule is CC1CCC(Nc2ncc(C(=O)N(C)CCc3ccccc3)c(C3(c4ccc(Cl)cc4)CCCC3)n2)CC1. The second kappa shape index (κ2) is 11.9. The van der Waals surface area contributed by atoms with Crippen molar-refractivity contribution in [2.24, 2.45) is 5.92 Å². The van der Waals surface area contributed by atoms with Crippen molar-refractivity contribution in [1.29, 1.82) is 0 Å². The Morgan fingerprint density at radius 1 is 1.03 bits per heavy atom. The average Bonchev–Trinajstić information content (AvgIpc) is 3.45. The van der Waals surface area contributed by atoms with Crippen LogP contribution in [-0.2, 0) is 11.8 Å². The van der Waals surface area contributed by atoms with Crippen molar-refractivity contribution in [1.82, 2.24) is 14.9 Å². The van der Waals surface area contributed by atoms with Gasteiger partial charge in [-0.2, -0.15) is 0 Å². The van der Waals surface area contributed by atoms with E-state index >= 15 is 0 Å². The molecule has 38 heavy (non-hydrogen) atoms. The molecule has 0 radical (unpaired) electrons. The fourth-order valence-electron chi connectivity index (χ4n) is 6.22. The second-order valence-electron chi connectivity index (χ2n) is 11.3. The lowest BCUT2D eigenvalue weighted by Crippen LogP contribution is -2.35. The highest BCUT2D eigenvalue weighted by Crippen LogP contribution is 2.47. The van der Waals surface area contributed by atoms with Gasteiger partial charge in [-0.15, -0.1) is 0 Å². The summed E-state index contributed by atoms with van der Waals surface area (Å²) in [6.07, 6.45) is 11.4. The van der Waals surface area contributed by atoms with Crippen LogP contribution < -0.4 is 5.32 Å². The normalized spacial score (nSPS) is 20.7. The van der Waals surface area contributed by atoms with Crippen molar-refractivity contribution in [3.05, 3.63) is 88.2 Å². The molecule has 3 aromatic rings. The molecule has 0 saturated heterocycles. The number of rotatable bonds is 8. The minimum atomic E-state index is -0.323. The first kappa shape index (κ1) is 26.7. The molecular weight excluding hydrogens is 492 g/mol. The van der Waals surface area contributed by atoms with Crippen LogP contribution in [0.15, 0.2) is 60.8 Å². The van der Waals surface area contributed by atoms with Crippen molar-refractivity contribution in [2.45, 2.75) is 76.2 Å². The van der Waals surface area contributed by atoms with Crippen molar-refractivity contribution in [3.63, 3.8) is 0 Å². The first-order valence-corrected chi connectivity index (χ1v) is 14.5. The summed E-state index contributed by atoms with van der Waals surface area (Å²) in [7, 11) is 1.88. The van der Waals surface area contributed by atoms with Gasteiger partial charge in [0.15, 0.2) is 0 Å². The standard InChI is InChI=1S/C32H39ClN4O/c1-23-10-16-27(17-11-23)35-31-34-22-28(30(38)37(2)21-18-24-8-4-3-5-9-24)29(36-31)32(19-6-7-20-32)25-12-14-26(33)15-13-25/h3-5,8-9,12-15,22-23,27H,6-7,10-11,16-21H2,1-2H3,(H,34,35,36). The van der Waals surface area contributed by atoms with Crippen LogP contribution in [0.1, 0.15) is 85.5 Å². The molecular formula is C32H39ClN4O. The number of hydrogen-bond donors (Lipinski definition) is 1. The monoisotopic (exact) mass is 530 g/mol. The van der Waals surface area contributed by atoms with Gasteiger partial charge in [-0.3, -0.25) is 4.79 Å². The zero-order valence-corrected chi connectivity index (χ0v) is 23.4. The lowest BCUT2D eigenvalue weighted by molar-refractivity contribution is 0.0793. The number of aromatic nitrogens is 2. The summed E-state index contributed by atoms with van der Waals surface area (Å²) in [6, 6.07) is 18.8. The smallest absolute Gasteiger partial charge is 0.257 e. The van der Waals surface area contributed by atoms with Gasteiger partial charge in [0.2, 0.25) is 5.95 Å². The summed E-state index contributed by atoms with van der Waals surface area (Å²) in [5, 5.41) is 4.33. The van der Waals surface area contributed by atoms with Crippen LogP contribution in [0.25, 0.3) is 0 Å². The number of nitrogens with zero attached hydrogens (tertiary/aromatic N) is 3. The van der Waals surface area contributed by atoms with Crippen LogP contribution in [0.5, 0.6) is 0 Å². The highest BCUT2D eigenvalue weighted by atomic mass is 35.5. The van der Waals surface area contributed by atoms with Gasteiger partial charge in [-0.25, -0.2) is 9.97 Å². The summed E-state index contributed by atoms with van der Waals surface area (Å²) in [6.45, 7) is 2.96. The van der Waals surface area contributed by atoms with E-state index in [0.29, 0.717) is 24.1 Å². The third-order valence-corrected chi connectivity index (χ3v) is 8.85. The van der Waals surface area contributed by atoms with Crippen molar-refractivity contribution in [3.8, 4) is 0 Å². The van der Waals surface area contributed by atoms with Crippen LogP contribution in [0, 0.1) is 5.92 Å². The number of carbonyl (C=O) groups excluding carboxylic acids is 1. The van der Waals surface area contributed by atoms with Crippen LogP contribution in [-0.4, -0.2) is 40.4 Å². The fourth-order valence-corrected chi connectivity index (χ4v) is 6.34. The van der Waals surface area contributed by atoms with E-state index < -0.39 is 0 Å². The number of carbonyl (C=O) groups is 1. The molecule has 0 aliphatic heterocycles. The van der Waals surface area contributed by atoms with Crippen LogP contribution in [0.3, 0.4) is 0 Å². The summed E-state index contributed by atoms with van der Waals surface area (Å²) >= 11 is 6.27. The van der Waals surface area contributed by atoms with Crippen LogP contribution in [0.2, 0.25) is 5.02 Å². The molecule has 0 spiro atoms. The van der Waals surface area contributed by atoms with E-state index in [0.717, 1.165) is 61.6 Å². The van der Waals surface area contributed by atoms with E-state index in [2.05, 4.69) is 36.5 Å². The third-order valence-electron chi connectivity index (χ3n) is 8.60. The highest BCUT2D eigenvalue weighted by Gasteiger charge is 2.42. The minimum absolute atomic E-state index is 0.0192. The van der Waals surface area contributed by atoms with Gasteiger partial charge in [0.05, 0.1) is 11.3 Å². The number of likely N-dealkylation sites (N-methyl/N-ethyl adjacent to an activating group) is 1. The van der Waals surface area contributed by atoms with Crippen molar-refractivity contribution in [2.75, 3.05) is 18.9 Å². The predicted octanol–water partition coefficient (Wildman–Crippen LogP) is 7.30. The van der Waals surface area contributed by atoms with Crippen LogP contribution in [0.4, 0.5) is 5.95 Å². The topological polar surface area (TPSA) is 58.1 Å². The summed E-state index contributed by atoms with van der Waals surface area (Å²) in [5.74, 6) is 1.40. The molecule has 0 bridgehead atoms. The fraction of sp³-hybridized carbons (Fsp3) is 0.469. The van der Waals surface area contributed by atoms with E-state index in [-0.39, 0.29) is 11.3 Å². The Kier molecular flexibility index (Phi) is 8.32. The zero-order valence-electron chi connectivity index (χ0n) is 22.6. The van der Waals surface area contributed by atoms with Crippen molar-refractivity contribution >= 4 is 23.5 Å². The largest absolute Gasteiger partial charge is 0.351 e. The summed E-state index contributed by atoms with van der Waals surface area (Å²) < 4.78 is 0. The molecule has 200 valence electrons. The number of halogens is 1. The van der Waals surface area contributed by atoms with E-state index in [9.17, 15) is 4.79 Å². The number of nitrogens with one attached hydrogen (secondary N) is 1. The van der Waals surface area contributed by atoms with Crippen molar-refractivity contribution < 1.29 is 4.79 Å². The Morgan fingerprint density at radius 2 is 1.71 bits per heavy atom. The first-order valence-electron chi connectivity index (χ1n) is 14.1. The first-order chi connectivity index (χ1) is 18.4. The molecule has 2 aliphatic rings. The summed E-state index contributed by atoms with van der Waals surface area (Å²) in [5.41, 5.74) is 3.54. The Bertz CT molecular complexity index is 1220. The van der Waals surface area contributed by atoms with Gasteiger partial charge in [0.1, 0.15) is 0 Å². The van der Waals surface area contributed by atoms with E-state index in [1.54, 1.807) is 6.20 Å². The maximum atomic E-state index is 13.9. The second-order valence-corrected chi connectivity index (χ2v) is 11.8. The molecule has 0 unspecified atom stereocenters. The molecule has 2 saturated carbocycles. The van der Waals surface area contributed by atoms with Gasteiger partial charge >= 0.3 is 0 Å². The molecule has 2 aromatic carbocycles. The van der Waals surface area contributed by atoms with E-state index in [1.807, 2.05) is 42.3 Å². The molecule has 1 heterocycles. The Morgan fingerprint density at radius 3 is 2.39 bits per heavy atom. The van der Waals surface area contributed by atoms with E-state index in [4.69, 9.17) is 21.6 Å². The molecule has 2 aliphatic carbocycles. The van der Waals surface area contributed by atoms with Crippen LogP contribution >= 0.6 is 11.6 Å². The quantitative estimate of drug-likeness (QED) is 0.332. The molecule has 6 heteroatoms. The van der Waals surface area contributed by atoms with Gasteiger partial charge in [-0.1, -0.05) is 73.8 Å². The minimum Gasteiger partial charge on any atom is -0.351 e. The number of hydrogen-bond acceptors (Lipinski definition) is 4. The summed E-state index contributed by atoms with van der Waals surface area (Å²) in [4.78, 5) is 25.6. The molecule has 1 N–H and O–H groups in total. The van der Waals surface area contributed by atoms with Gasteiger partial charge < -0.3 is 10.2 Å². The molecule has 1 aromatic heterocycles. The van der Waals surface area contributed by atoms with Gasteiger partial charge in [-0.05, 0) is 74.1 Å². The number of benzene rings is 2. The maximum absolute atomic E-state index is 13.9. The number of amides is 1. The molecule has 0 atom stereocenters. The molecule has 5 nitrogen and oxygen atoms in total. The number of anilines is 1. The Hall–Kier alpha value is -2.92. The highest BCUT2D eigenvalue weighted by molar-refractivity contribution is 6.30. The molecule has 5 rings (SSSR count).